The summed E-state index contributed by atoms with van der Waals surface area (Å²) in [5.74, 6) is -0.236. The molecular formula is C20H26FNO3. The molecule has 1 atom stereocenters. The predicted octanol–water partition coefficient (Wildman–Crippen LogP) is 2.85. The zero-order valence-electron chi connectivity index (χ0n) is 14.6. The highest BCUT2D eigenvalue weighted by molar-refractivity contribution is 5.17. The number of methoxy groups -OCH3 is 1. The van der Waals surface area contributed by atoms with E-state index in [0.717, 1.165) is 5.56 Å². The smallest absolute Gasteiger partial charge is 0.127 e. The maximum Gasteiger partial charge on any atom is 0.127 e. The first-order chi connectivity index (χ1) is 12.2. The van der Waals surface area contributed by atoms with Crippen LogP contribution in [0.25, 0.3) is 0 Å². The lowest BCUT2D eigenvalue weighted by molar-refractivity contribution is 0.00462. The van der Waals surface area contributed by atoms with E-state index in [1.54, 1.807) is 19.2 Å². The Hall–Kier alpha value is -1.79. The number of nitrogens with zero attached hydrogens (tertiary/aromatic N) is 1. The van der Waals surface area contributed by atoms with Crippen molar-refractivity contribution in [2.75, 3.05) is 33.4 Å². The minimum absolute atomic E-state index is 0.232. The number of hydrogen-bond donors (Lipinski definition) is 1. The molecule has 0 aliphatic rings. The number of ether oxygens (including phenoxy) is 2. The second-order valence-corrected chi connectivity index (χ2v) is 5.97. The minimum Gasteiger partial charge on any atom is -0.389 e. The molecule has 1 N–H and O–H groups in total. The van der Waals surface area contributed by atoms with E-state index in [4.69, 9.17) is 9.47 Å². The Morgan fingerprint density at radius 1 is 1.08 bits per heavy atom. The number of aliphatic hydroxyl groups is 1. The van der Waals surface area contributed by atoms with Gasteiger partial charge in [0.1, 0.15) is 5.82 Å². The van der Waals surface area contributed by atoms with Gasteiger partial charge in [0.15, 0.2) is 0 Å². The molecule has 0 amide bonds. The van der Waals surface area contributed by atoms with Gasteiger partial charge in [-0.1, -0.05) is 48.5 Å². The van der Waals surface area contributed by atoms with Crippen LogP contribution in [-0.2, 0) is 22.6 Å². The number of halogens is 1. The molecule has 0 radical (unpaired) electrons. The van der Waals surface area contributed by atoms with Crippen LogP contribution >= 0.6 is 0 Å². The molecule has 0 spiro atoms. The first-order valence-electron chi connectivity index (χ1n) is 8.43. The lowest BCUT2D eigenvalue weighted by Gasteiger charge is -2.25. The Labute approximate surface area is 148 Å². The number of hydrogen-bond acceptors (Lipinski definition) is 4. The summed E-state index contributed by atoms with van der Waals surface area (Å²) >= 11 is 0. The van der Waals surface area contributed by atoms with Gasteiger partial charge in [-0.3, -0.25) is 4.90 Å². The molecule has 0 heterocycles. The molecule has 0 aliphatic carbocycles. The van der Waals surface area contributed by atoms with Crippen LogP contribution in [0, 0.1) is 5.82 Å². The molecule has 0 unspecified atom stereocenters. The largest absolute Gasteiger partial charge is 0.389 e. The average Bonchev–Trinajstić information content (AvgIpc) is 2.62. The van der Waals surface area contributed by atoms with E-state index in [9.17, 15) is 9.50 Å². The molecule has 136 valence electrons. The van der Waals surface area contributed by atoms with Gasteiger partial charge in [0.25, 0.3) is 0 Å². The first-order valence-corrected chi connectivity index (χ1v) is 8.43. The van der Waals surface area contributed by atoms with Crippen molar-refractivity contribution in [2.45, 2.75) is 19.3 Å². The lowest BCUT2D eigenvalue weighted by atomic mass is 10.2. The molecule has 0 aromatic heterocycles. The second-order valence-electron chi connectivity index (χ2n) is 5.97. The molecule has 0 saturated carbocycles. The molecule has 25 heavy (non-hydrogen) atoms. The van der Waals surface area contributed by atoms with E-state index >= 15 is 0 Å². The Morgan fingerprint density at radius 2 is 1.80 bits per heavy atom. The van der Waals surface area contributed by atoms with Crippen molar-refractivity contribution >= 4 is 0 Å². The molecule has 2 rings (SSSR count). The summed E-state index contributed by atoms with van der Waals surface area (Å²) in [4.78, 5) is 1.97. The topological polar surface area (TPSA) is 41.9 Å². The van der Waals surface area contributed by atoms with Crippen molar-refractivity contribution in [1.29, 1.82) is 0 Å². The number of benzene rings is 2. The molecule has 4 nitrogen and oxygen atoms in total. The maximum atomic E-state index is 13.9. The van der Waals surface area contributed by atoms with Gasteiger partial charge >= 0.3 is 0 Å². The van der Waals surface area contributed by atoms with Crippen LogP contribution in [0.1, 0.15) is 11.1 Å². The van der Waals surface area contributed by atoms with Crippen LogP contribution in [0.5, 0.6) is 0 Å². The number of rotatable bonds is 11. The minimum atomic E-state index is -0.646. The van der Waals surface area contributed by atoms with Gasteiger partial charge in [-0.05, 0) is 11.6 Å². The van der Waals surface area contributed by atoms with Crippen molar-refractivity contribution in [1.82, 2.24) is 4.90 Å². The number of aliphatic hydroxyl groups excluding tert-OH is 1. The third-order valence-corrected chi connectivity index (χ3v) is 3.85. The Bertz CT molecular complexity index is 609. The van der Waals surface area contributed by atoms with E-state index in [2.05, 4.69) is 0 Å². The standard InChI is InChI=1S/C20H26FNO3/c1-24-12-11-22(13-18-9-5-6-10-20(18)21)14-19(23)16-25-15-17-7-3-2-4-8-17/h2-10,19,23H,11-16H2,1H3/t19-/m0/s1. The SMILES string of the molecule is COCCN(Cc1ccccc1F)C[C@H](O)COCc1ccccc1. The first kappa shape index (κ1) is 19.5. The van der Waals surface area contributed by atoms with Crippen LogP contribution in [0.15, 0.2) is 54.6 Å². The monoisotopic (exact) mass is 347 g/mol. The van der Waals surface area contributed by atoms with Gasteiger partial charge in [-0.2, -0.15) is 0 Å². The van der Waals surface area contributed by atoms with Gasteiger partial charge in [0.05, 0.1) is 25.9 Å². The highest BCUT2D eigenvalue weighted by Crippen LogP contribution is 2.10. The van der Waals surface area contributed by atoms with Gasteiger partial charge in [0, 0.05) is 32.3 Å². The van der Waals surface area contributed by atoms with Gasteiger partial charge in [0.2, 0.25) is 0 Å². The Kier molecular flexibility index (Phi) is 8.55. The summed E-state index contributed by atoms with van der Waals surface area (Å²) in [6.07, 6.45) is -0.646. The zero-order valence-corrected chi connectivity index (χ0v) is 14.6. The van der Waals surface area contributed by atoms with Crippen LogP contribution in [0.4, 0.5) is 4.39 Å². The lowest BCUT2D eigenvalue weighted by Crippen LogP contribution is -2.36. The van der Waals surface area contributed by atoms with Crippen molar-refractivity contribution in [3.63, 3.8) is 0 Å². The summed E-state index contributed by atoms with van der Waals surface area (Å²) < 4.78 is 24.5. The third kappa shape index (κ3) is 7.32. The Morgan fingerprint density at radius 3 is 2.52 bits per heavy atom. The fraction of sp³-hybridized carbons (Fsp3) is 0.400. The van der Waals surface area contributed by atoms with Crippen LogP contribution in [0.3, 0.4) is 0 Å². The van der Waals surface area contributed by atoms with Crippen LogP contribution < -0.4 is 0 Å². The van der Waals surface area contributed by atoms with E-state index in [0.29, 0.717) is 38.4 Å². The second kappa shape index (κ2) is 10.9. The highest BCUT2D eigenvalue weighted by atomic mass is 19.1. The zero-order chi connectivity index (χ0) is 17.9. The molecule has 2 aromatic rings. The van der Waals surface area contributed by atoms with Crippen LogP contribution in [0.2, 0.25) is 0 Å². The molecule has 2 aromatic carbocycles. The van der Waals surface area contributed by atoms with E-state index in [-0.39, 0.29) is 12.4 Å². The molecule has 0 bridgehead atoms. The fourth-order valence-electron chi connectivity index (χ4n) is 2.56. The van der Waals surface area contributed by atoms with Gasteiger partial charge in [-0.15, -0.1) is 0 Å². The third-order valence-electron chi connectivity index (χ3n) is 3.85. The summed E-state index contributed by atoms with van der Waals surface area (Å²) in [7, 11) is 1.63. The maximum absolute atomic E-state index is 13.9. The van der Waals surface area contributed by atoms with Crippen molar-refractivity contribution < 1.29 is 19.0 Å². The summed E-state index contributed by atoms with van der Waals surface area (Å²) in [6, 6.07) is 16.5. The summed E-state index contributed by atoms with van der Waals surface area (Å²) in [6.45, 7) is 2.64. The molecule has 0 aliphatic heterocycles. The van der Waals surface area contributed by atoms with Gasteiger partial charge in [-0.25, -0.2) is 4.39 Å². The van der Waals surface area contributed by atoms with E-state index in [1.165, 1.54) is 6.07 Å². The predicted molar refractivity (Wildman–Crippen MR) is 95.7 cm³/mol. The molecule has 0 fully saturated rings. The van der Waals surface area contributed by atoms with Gasteiger partial charge < -0.3 is 14.6 Å². The van der Waals surface area contributed by atoms with Crippen molar-refractivity contribution in [2.24, 2.45) is 0 Å². The van der Waals surface area contributed by atoms with E-state index in [1.807, 2.05) is 41.3 Å². The Balaban J connectivity index is 1.82. The normalized spacial score (nSPS) is 12.5. The van der Waals surface area contributed by atoms with E-state index < -0.39 is 6.10 Å². The molecule has 0 saturated heterocycles. The molecule has 5 heteroatoms. The molecular weight excluding hydrogens is 321 g/mol. The summed E-state index contributed by atoms with van der Waals surface area (Å²) in [5.41, 5.74) is 1.67. The fourth-order valence-corrected chi connectivity index (χ4v) is 2.56. The average molecular weight is 347 g/mol. The quantitative estimate of drug-likeness (QED) is 0.679. The van der Waals surface area contributed by atoms with Crippen molar-refractivity contribution in [3.8, 4) is 0 Å². The summed E-state index contributed by atoms with van der Waals surface area (Å²) in [5, 5.41) is 10.2. The van der Waals surface area contributed by atoms with Crippen LogP contribution in [-0.4, -0.2) is 49.5 Å². The highest BCUT2D eigenvalue weighted by Gasteiger charge is 2.14. The van der Waals surface area contributed by atoms with Crippen molar-refractivity contribution in [3.05, 3.63) is 71.5 Å².